The van der Waals surface area contributed by atoms with Crippen molar-refractivity contribution in [3.8, 4) is 0 Å². The Kier molecular flexibility index (Phi) is 5.27. The number of nitrogens with two attached hydrogens (primary N) is 1. The lowest BCUT2D eigenvalue weighted by atomic mass is 10.0. The smallest absolute Gasteiger partial charge is 0.318 e. The number of urea groups is 1. The summed E-state index contributed by atoms with van der Waals surface area (Å²) >= 11 is 0. The first kappa shape index (κ1) is 15.9. The summed E-state index contributed by atoms with van der Waals surface area (Å²) in [4.78, 5) is 24.1. The molecule has 19 heavy (non-hydrogen) atoms. The number of carbonyl (C=O) groups is 2. The van der Waals surface area contributed by atoms with Crippen molar-refractivity contribution in [1.29, 1.82) is 0 Å². The standard InChI is InChI=1S/C10H20N4O4S/c1-7(9(15)12-10(11)16)14-5-3-8(4-6-14)13-19(2,17)18/h7-8,13H,3-6H2,1-2H3,(H3,11,12,15,16). The third-order valence-corrected chi connectivity index (χ3v) is 3.85. The van der Waals surface area contributed by atoms with E-state index in [1.807, 2.05) is 10.2 Å². The van der Waals surface area contributed by atoms with Gasteiger partial charge in [0.15, 0.2) is 0 Å². The Bertz CT molecular complexity index is 442. The third-order valence-electron chi connectivity index (χ3n) is 3.08. The molecule has 4 N–H and O–H groups in total. The zero-order chi connectivity index (χ0) is 14.6. The van der Waals surface area contributed by atoms with Gasteiger partial charge in [0.2, 0.25) is 15.9 Å². The predicted molar refractivity (Wildman–Crippen MR) is 69.8 cm³/mol. The largest absolute Gasteiger partial charge is 0.351 e. The first-order valence-electron chi connectivity index (χ1n) is 6.00. The number of primary amides is 1. The quantitative estimate of drug-likeness (QED) is 0.587. The molecule has 1 rings (SSSR count). The highest BCUT2D eigenvalue weighted by molar-refractivity contribution is 7.88. The molecule has 0 radical (unpaired) electrons. The molecule has 0 aromatic carbocycles. The predicted octanol–water partition coefficient (Wildman–Crippen LogP) is -1.42. The Hall–Kier alpha value is -1.19. The molecule has 1 unspecified atom stereocenters. The number of nitrogens with zero attached hydrogens (tertiary/aromatic N) is 1. The van der Waals surface area contributed by atoms with Crippen LogP contribution in [0.3, 0.4) is 0 Å². The van der Waals surface area contributed by atoms with E-state index in [4.69, 9.17) is 5.73 Å². The molecule has 9 heteroatoms. The van der Waals surface area contributed by atoms with E-state index in [-0.39, 0.29) is 6.04 Å². The zero-order valence-electron chi connectivity index (χ0n) is 11.0. The molecule has 8 nitrogen and oxygen atoms in total. The monoisotopic (exact) mass is 292 g/mol. The molecular formula is C10H20N4O4S. The SMILES string of the molecule is CC(C(=O)NC(N)=O)N1CCC(NS(C)(=O)=O)CC1. The second-order valence-corrected chi connectivity index (χ2v) is 6.51. The number of sulfonamides is 1. The van der Waals surface area contributed by atoms with Crippen LogP contribution in [-0.4, -0.2) is 56.7 Å². The summed E-state index contributed by atoms with van der Waals surface area (Å²) < 4.78 is 24.8. The zero-order valence-corrected chi connectivity index (χ0v) is 11.9. The van der Waals surface area contributed by atoms with Gasteiger partial charge >= 0.3 is 6.03 Å². The van der Waals surface area contributed by atoms with Crippen molar-refractivity contribution in [1.82, 2.24) is 14.9 Å². The molecule has 0 aliphatic carbocycles. The lowest BCUT2D eigenvalue weighted by Gasteiger charge is -2.35. The van der Waals surface area contributed by atoms with Crippen LogP contribution in [0.2, 0.25) is 0 Å². The number of likely N-dealkylation sites (tertiary alicyclic amines) is 1. The molecule has 1 aliphatic rings. The molecule has 0 spiro atoms. The number of carbonyl (C=O) groups excluding carboxylic acids is 2. The van der Waals surface area contributed by atoms with E-state index in [1.54, 1.807) is 6.92 Å². The average molecular weight is 292 g/mol. The maximum absolute atomic E-state index is 11.6. The molecule has 1 aliphatic heterocycles. The van der Waals surface area contributed by atoms with Crippen LogP contribution in [0.25, 0.3) is 0 Å². The number of hydrogen-bond donors (Lipinski definition) is 3. The van der Waals surface area contributed by atoms with Gasteiger partial charge < -0.3 is 5.73 Å². The lowest BCUT2D eigenvalue weighted by Crippen LogP contribution is -2.53. The van der Waals surface area contributed by atoms with Crippen LogP contribution in [0.1, 0.15) is 19.8 Å². The van der Waals surface area contributed by atoms with Crippen LogP contribution in [0, 0.1) is 0 Å². The van der Waals surface area contributed by atoms with Crippen molar-refractivity contribution in [2.45, 2.75) is 31.8 Å². The molecule has 0 bridgehead atoms. The highest BCUT2D eigenvalue weighted by Gasteiger charge is 2.28. The van der Waals surface area contributed by atoms with Crippen molar-refractivity contribution in [3.63, 3.8) is 0 Å². The summed E-state index contributed by atoms with van der Waals surface area (Å²) in [6.45, 7) is 2.85. The van der Waals surface area contributed by atoms with Crippen molar-refractivity contribution in [2.75, 3.05) is 19.3 Å². The normalized spacial score (nSPS) is 19.9. The van der Waals surface area contributed by atoms with E-state index >= 15 is 0 Å². The molecule has 0 saturated carbocycles. The van der Waals surface area contributed by atoms with Gasteiger partial charge in [-0.25, -0.2) is 17.9 Å². The van der Waals surface area contributed by atoms with Gasteiger partial charge in [0.25, 0.3) is 0 Å². The number of amides is 3. The minimum atomic E-state index is -3.20. The number of nitrogens with one attached hydrogen (secondary N) is 2. The molecule has 0 aromatic heterocycles. The van der Waals surface area contributed by atoms with Gasteiger partial charge in [-0.1, -0.05) is 0 Å². The average Bonchev–Trinajstić information content (AvgIpc) is 2.26. The molecule has 1 saturated heterocycles. The van der Waals surface area contributed by atoms with Gasteiger partial charge in [0, 0.05) is 19.1 Å². The third kappa shape index (κ3) is 5.53. The van der Waals surface area contributed by atoms with Crippen LogP contribution in [-0.2, 0) is 14.8 Å². The van der Waals surface area contributed by atoms with Gasteiger partial charge in [0.05, 0.1) is 12.3 Å². The van der Waals surface area contributed by atoms with Crippen molar-refractivity contribution < 1.29 is 18.0 Å². The van der Waals surface area contributed by atoms with E-state index in [0.717, 1.165) is 6.26 Å². The highest BCUT2D eigenvalue weighted by atomic mass is 32.2. The molecule has 0 aromatic rings. The van der Waals surface area contributed by atoms with Crippen LogP contribution < -0.4 is 15.8 Å². The maximum Gasteiger partial charge on any atom is 0.318 e. The summed E-state index contributed by atoms with van der Waals surface area (Å²) in [6.07, 6.45) is 2.38. The van der Waals surface area contributed by atoms with Crippen LogP contribution in [0.4, 0.5) is 4.79 Å². The van der Waals surface area contributed by atoms with Crippen LogP contribution >= 0.6 is 0 Å². The fraction of sp³-hybridized carbons (Fsp3) is 0.800. The Morgan fingerprint density at radius 2 is 1.84 bits per heavy atom. The Labute approximate surface area is 112 Å². The highest BCUT2D eigenvalue weighted by Crippen LogP contribution is 2.13. The summed E-state index contributed by atoms with van der Waals surface area (Å²) in [5, 5.41) is 2.04. The minimum Gasteiger partial charge on any atom is -0.351 e. The molecule has 1 atom stereocenters. The fourth-order valence-electron chi connectivity index (χ4n) is 2.10. The molecule has 1 heterocycles. The van der Waals surface area contributed by atoms with Crippen molar-refractivity contribution >= 4 is 22.0 Å². The van der Waals surface area contributed by atoms with Gasteiger partial charge in [-0.2, -0.15) is 0 Å². The van der Waals surface area contributed by atoms with E-state index in [9.17, 15) is 18.0 Å². The van der Waals surface area contributed by atoms with E-state index in [0.29, 0.717) is 25.9 Å². The van der Waals surface area contributed by atoms with Crippen molar-refractivity contribution in [2.24, 2.45) is 5.73 Å². The Balaban J connectivity index is 2.45. The Morgan fingerprint density at radius 1 is 1.32 bits per heavy atom. The van der Waals surface area contributed by atoms with Gasteiger partial charge in [-0.15, -0.1) is 0 Å². The van der Waals surface area contributed by atoms with Gasteiger partial charge in [-0.05, 0) is 19.8 Å². The van der Waals surface area contributed by atoms with Crippen molar-refractivity contribution in [3.05, 3.63) is 0 Å². The second-order valence-electron chi connectivity index (χ2n) is 4.73. The first-order chi connectivity index (χ1) is 8.69. The second kappa shape index (κ2) is 6.31. The summed E-state index contributed by atoms with van der Waals surface area (Å²) in [7, 11) is -3.20. The fourth-order valence-corrected chi connectivity index (χ4v) is 2.94. The van der Waals surface area contributed by atoms with Crippen LogP contribution in [0.15, 0.2) is 0 Å². The Morgan fingerprint density at radius 3 is 2.26 bits per heavy atom. The van der Waals surface area contributed by atoms with Gasteiger partial charge in [0.1, 0.15) is 0 Å². The number of hydrogen-bond acceptors (Lipinski definition) is 5. The summed E-state index contributed by atoms with van der Waals surface area (Å²) in [6, 6.07) is -1.44. The van der Waals surface area contributed by atoms with Gasteiger partial charge in [-0.3, -0.25) is 15.0 Å². The molecule has 1 fully saturated rings. The first-order valence-corrected chi connectivity index (χ1v) is 7.90. The summed E-state index contributed by atoms with van der Waals surface area (Å²) in [5.41, 5.74) is 4.89. The number of imide groups is 1. The maximum atomic E-state index is 11.6. The minimum absolute atomic E-state index is 0.0994. The molecular weight excluding hydrogens is 272 g/mol. The number of rotatable bonds is 4. The van der Waals surface area contributed by atoms with Crippen LogP contribution in [0.5, 0.6) is 0 Å². The van der Waals surface area contributed by atoms with E-state index in [2.05, 4.69) is 4.72 Å². The van der Waals surface area contributed by atoms with E-state index in [1.165, 1.54) is 0 Å². The molecule has 3 amide bonds. The lowest BCUT2D eigenvalue weighted by molar-refractivity contribution is -0.125. The topological polar surface area (TPSA) is 122 Å². The number of piperidine rings is 1. The molecule has 110 valence electrons. The van der Waals surface area contributed by atoms with E-state index < -0.39 is 28.0 Å². The summed E-state index contributed by atoms with van der Waals surface area (Å²) in [5.74, 6) is -0.443.